The fourth-order valence-electron chi connectivity index (χ4n) is 2.08. The van der Waals surface area contributed by atoms with Crippen LogP contribution >= 0.6 is 50.7 Å². The van der Waals surface area contributed by atoms with Gasteiger partial charge in [-0.2, -0.15) is 5.26 Å². The smallest absolute Gasteiger partial charge is 0.319 e. The van der Waals surface area contributed by atoms with Gasteiger partial charge in [-0.25, -0.2) is 4.79 Å². The molecule has 2 aromatic carbocycles. The summed E-state index contributed by atoms with van der Waals surface area (Å²) in [4.78, 5) is 22.5. The van der Waals surface area contributed by atoms with Gasteiger partial charge in [-0.1, -0.05) is 40.9 Å². The van der Waals surface area contributed by atoms with Crippen molar-refractivity contribution in [2.45, 2.75) is 6.61 Å². The number of nitriles is 1. The summed E-state index contributed by atoms with van der Waals surface area (Å²) in [5.74, 6) is -0.549. The van der Waals surface area contributed by atoms with Crippen LogP contribution < -0.4 is 15.8 Å². The Morgan fingerprint density at radius 1 is 1.18 bits per heavy atom. The summed E-state index contributed by atoms with van der Waals surface area (Å²) in [6, 6.07) is 8.85. The molecule has 0 radical (unpaired) electrons. The third-order valence-corrected chi connectivity index (χ3v) is 4.91. The van der Waals surface area contributed by atoms with E-state index >= 15 is 0 Å². The maximum atomic E-state index is 11.7. The molecule has 3 amide bonds. The first-order valence-corrected chi connectivity index (χ1v) is 9.42. The molecule has 0 unspecified atom stereocenters. The predicted octanol–water partition coefficient (Wildman–Crippen LogP) is 5.09. The first-order valence-electron chi connectivity index (χ1n) is 7.49. The van der Waals surface area contributed by atoms with Gasteiger partial charge in [0.1, 0.15) is 18.2 Å². The zero-order valence-electron chi connectivity index (χ0n) is 13.9. The minimum atomic E-state index is -1.06. The van der Waals surface area contributed by atoms with Gasteiger partial charge >= 0.3 is 6.03 Å². The highest BCUT2D eigenvalue weighted by Crippen LogP contribution is 2.36. The highest BCUT2D eigenvalue weighted by molar-refractivity contribution is 9.10. The Labute approximate surface area is 183 Å². The summed E-state index contributed by atoms with van der Waals surface area (Å²) < 4.78 is 6.23. The van der Waals surface area contributed by atoms with Crippen molar-refractivity contribution in [3.05, 3.63) is 66.6 Å². The first-order chi connectivity index (χ1) is 13.2. The number of nitrogens with one attached hydrogen (secondary N) is 1. The van der Waals surface area contributed by atoms with Gasteiger partial charge in [0.2, 0.25) is 0 Å². The fraction of sp³-hybridized carbons (Fsp3) is 0.0556. The predicted molar refractivity (Wildman–Crippen MR) is 111 cm³/mol. The molecule has 10 heteroatoms. The van der Waals surface area contributed by atoms with Gasteiger partial charge in [0.05, 0.1) is 19.5 Å². The number of nitrogens with zero attached hydrogens (tertiary/aromatic N) is 1. The molecule has 6 nitrogen and oxygen atoms in total. The van der Waals surface area contributed by atoms with Gasteiger partial charge < -0.3 is 10.5 Å². The second-order valence-corrected chi connectivity index (χ2v) is 7.41. The lowest BCUT2D eigenvalue weighted by atomic mass is 10.1. The van der Waals surface area contributed by atoms with E-state index in [0.29, 0.717) is 25.8 Å². The SMILES string of the molecule is N#C/C(=C/c1cc(Cl)c(OCc2ccc(Cl)c(Cl)c2)c(Br)c1)C(=O)NC(N)=O. The number of nitrogens with two attached hydrogens (primary N) is 1. The second-order valence-electron chi connectivity index (χ2n) is 5.34. The Morgan fingerprint density at radius 2 is 1.89 bits per heavy atom. The molecule has 0 aromatic heterocycles. The van der Waals surface area contributed by atoms with Gasteiger partial charge in [-0.15, -0.1) is 0 Å². The molecule has 0 heterocycles. The lowest BCUT2D eigenvalue weighted by molar-refractivity contribution is -0.115. The van der Waals surface area contributed by atoms with Gasteiger partial charge in [0.15, 0.2) is 5.75 Å². The fourth-order valence-corrected chi connectivity index (χ4v) is 3.39. The average molecular weight is 504 g/mol. The van der Waals surface area contributed by atoms with Crippen molar-refractivity contribution in [1.82, 2.24) is 5.32 Å². The lowest BCUT2D eigenvalue weighted by Gasteiger charge is -2.12. The zero-order chi connectivity index (χ0) is 20.8. The molecule has 0 aliphatic rings. The molecule has 2 rings (SSSR count). The van der Waals surface area contributed by atoms with Crippen LogP contribution in [0.4, 0.5) is 4.79 Å². The van der Waals surface area contributed by atoms with Crippen LogP contribution in [0.2, 0.25) is 15.1 Å². The van der Waals surface area contributed by atoms with E-state index in [9.17, 15) is 9.59 Å². The Morgan fingerprint density at radius 3 is 2.46 bits per heavy atom. The van der Waals surface area contributed by atoms with E-state index in [-0.39, 0.29) is 17.2 Å². The number of imide groups is 1. The van der Waals surface area contributed by atoms with Crippen LogP contribution in [-0.4, -0.2) is 11.9 Å². The number of hydrogen-bond donors (Lipinski definition) is 2. The maximum Gasteiger partial charge on any atom is 0.319 e. The number of carbonyl (C=O) groups excluding carboxylic acids is 2. The van der Waals surface area contributed by atoms with Crippen LogP contribution in [0.1, 0.15) is 11.1 Å². The van der Waals surface area contributed by atoms with Gasteiger partial charge in [-0.3, -0.25) is 10.1 Å². The standard InChI is InChI=1S/C18H11BrCl3N3O3/c19-12-4-10(3-11(7-23)17(26)25-18(24)27)6-15(22)16(12)28-8-9-1-2-13(20)14(21)5-9/h1-6H,8H2,(H3,24,25,26,27)/b11-3-. The number of rotatable bonds is 5. The van der Waals surface area contributed by atoms with E-state index in [1.54, 1.807) is 30.3 Å². The lowest BCUT2D eigenvalue weighted by Crippen LogP contribution is -2.35. The number of ether oxygens (including phenoxy) is 1. The molecular formula is C18H11BrCl3N3O3. The molecular weight excluding hydrogens is 492 g/mol. The highest BCUT2D eigenvalue weighted by atomic mass is 79.9. The van der Waals surface area contributed by atoms with Crippen molar-refractivity contribution in [2.75, 3.05) is 0 Å². The summed E-state index contributed by atoms with van der Waals surface area (Å²) in [6.07, 6.45) is 1.26. The van der Waals surface area contributed by atoms with Crippen molar-refractivity contribution in [2.24, 2.45) is 5.73 Å². The number of amides is 3. The molecule has 0 fully saturated rings. The van der Waals surface area contributed by atoms with E-state index in [0.717, 1.165) is 5.56 Å². The largest absolute Gasteiger partial charge is 0.486 e. The molecule has 2 aromatic rings. The van der Waals surface area contributed by atoms with Crippen molar-refractivity contribution in [3.63, 3.8) is 0 Å². The summed E-state index contributed by atoms with van der Waals surface area (Å²) in [7, 11) is 0. The quantitative estimate of drug-likeness (QED) is 0.438. The topological polar surface area (TPSA) is 105 Å². The van der Waals surface area contributed by atoms with Crippen LogP contribution in [0.25, 0.3) is 6.08 Å². The molecule has 28 heavy (non-hydrogen) atoms. The molecule has 0 aliphatic heterocycles. The Balaban J connectivity index is 2.23. The summed E-state index contributed by atoms with van der Waals surface area (Å²) in [5.41, 5.74) is 5.79. The van der Waals surface area contributed by atoms with Crippen molar-refractivity contribution < 1.29 is 14.3 Å². The first kappa shape index (κ1) is 22.1. The van der Waals surface area contributed by atoms with Gasteiger partial charge in [0, 0.05) is 0 Å². The monoisotopic (exact) mass is 501 g/mol. The van der Waals surface area contributed by atoms with Crippen LogP contribution in [0.5, 0.6) is 5.75 Å². The summed E-state index contributed by atoms with van der Waals surface area (Å²) in [6.45, 7) is 0.189. The zero-order valence-corrected chi connectivity index (χ0v) is 17.8. The number of urea groups is 1. The molecule has 0 bridgehead atoms. The van der Waals surface area contributed by atoms with E-state index in [4.69, 9.17) is 50.5 Å². The Hall–Kier alpha value is -2.24. The van der Waals surface area contributed by atoms with Crippen LogP contribution in [0.3, 0.4) is 0 Å². The molecule has 0 aliphatic carbocycles. The molecule has 3 N–H and O–H groups in total. The normalized spacial score (nSPS) is 10.9. The van der Waals surface area contributed by atoms with E-state index in [2.05, 4.69) is 15.9 Å². The number of primary amides is 1. The Kier molecular flexibility index (Phi) is 7.72. The van der Waals surface area contributed by atoms with E-state index in [1.165, 1.54) is 12.1 Å². The molecule has 0 atom stereocenters. The minimum absolute atomic E-state index is 0.189. The Bertz CT molecular complexity index is 996. The number of carbonyl (C=O) groups is 2. The van der Waals surface area contributed by atoms with Crippen LogP contribution in [-0.2, 0) is 11.4 Å². The van der Waals surface area contributed by atoms with Gasteiger partial charge in [-0.05, 0) is 57.4 Å². The third kappa shape index (κ3) is 5.88. The van der Waals surface area contributed by atoms with Crippen LogP contribution in [0, 0.1) is 11.3 Å². The number of benzene rings is 2. The number of hydrogen-bond acceptors (Lipinski definition) is 4. The van der Waals surface area contributed by atoms with Crippen molar-refractivity contribution in [1.29, 1.82) is 5.26 Å². The van der Waals surface area contributed by atoms with Gasteiger partial charge in [0.25, 0.3) is 5.91 Å². The van der Waals surface area contributed by atoms with Crippen LogP contribution in [0.15, 0.2) is 40.4 Å². The van der Waals surface area contributed by atoms with Crippen molar-refractivity contribution >= 4 is 68.7 Å². The summed E-state index contributed by atoms with van der Waals surface area (Å²) in [5, 5.41) is 12.0. The molecule has 0 saturated carbocycles. The number of halogens is 4. The molecule has 0 saturated heterocycles. The molecule has 144 valence electrons. The van der Waals surface area contributed by atoms with E-state index in [1.807, 2.05) is 5.32 Å². The second kappa shape index (κ2) is 9.80. The minimum Gasteiger partial charge on any atom is -0.486 e. The van der Waals surface area contributed by atoms with Crippen molar-refractivity contribution in [3.8, 4) is 11.8 Å². The summed E-state index contributed by atoms with van der Waals surface area (Å²) >= 11 is 21.5. The van der Waals surface area contributed by atoms with E-state index < -0.39 is 11.9 Å². The maximum absolute atomic E-state index is 11.7. The highest BCUT2D eigenvalue weighted by Gasteiger charge is 2.14. The third-order valence-electron chi connectivity index (χ3n) is 3.30. The average Bonchev–Trinajstić information content (AvgIpc) is 2.61. The molecule has 0 spiro atoms.